The predicted octanol–water partition coefficient (Wildman–Crippen LogP) is 3.23. The summed E-state index contributed by atoms with van der Waals surface area (Å²) < 4.78 is 0. The summed E-state index contributed by atoms with van der Waals surface area (Å²) in [5.41, 5.74) is 0. The SMILES string of the molecule is CC(C)CC(NC(C)C)c1nccs1. The van der Waals surface area contributed by atoms with Crippen molar-refractivity contribution in [3.05, 3.63) is 16.6 Å². The van der Waals surface area contributed by atoms with Crippen LogP contribution in [-0.4, -0.2) is 11.0 Å². The first-order valence-corrected chi connectivity index (χ1v) is 6.13. The molecule has 1 heterocycles. The largest absolute Gasteiger partial charge is 0.306 e. The molecule has 0 radical (unpaired) electrons. The third-order valence-corrected chi connectivity index (χ3v) is 2.88. The lowest BCUT2D eigenvalue weighted by atomic mass is 10.0. The number of aromatic nitrogens is 1. The number of thiazole rings is 1. The van der Waals surface area contributed by atoms with E-state index < -0.39 is 0 Å². The van der Waals surface area contributed by atoms with Gasteiger partial charge in [-0.15, -0.1) is 11.3 Å². The van der Waals surface area contributed by atoms with Gasteiger partial charge in [-0.1, -0.05) is 27.7 Å². The Hall–Kier alpha value is -0.410. The molecule has 0 saturated heterocycles. The van der Waals surface area contributed by atoms with E-state index in [1.807, 2.05) is 11.6 Å². The van der Waals surface area contributed by atoms with Crippen molar-refractivity contribution in [3.63, 3.8) is 0 Å². The van der Waals surface area contributed by atoms with Crippen LogP contribution in [0, 0.1) is 5.92 Å². The Kier molecular flexibility index (Phi) is 4.55. The maximum atomic E-state index is 4.38. The first kappa shape index (κ1) is 11.7. The van der Waals surface area contributed by atoms with E-state index in [1.54, 1.807) is 11.3 Å². The quantitative estimate of drug-likeness (QED) is 0.810. The fourth-order valence-electron chi connectivity index (χ4n) is 1.52. The Labute approximate surface area is 90.8 Å². The Morgan fingerprint density at radius 2 is 2.07 bits per heavy atom. The van der Waals surface area contributed by atoms with Crippen molar-refractivity contribution >= 4 is 11.3 Å². The van der Waals surface area contributed by atoms with Crippen molar-refractivity contribution in [2.24, 2.45) is 5.92 Å². The average molecular weight is 212 g/mol. The molecular weight excluding hydrogens is 192 g/mol. The van der Waals surface area contributed by atoms with Crippen LogP contribution < -0.4 is 5.32 Å². The molecular formula is C11H20N2S. The molecule has 0 bridgehead atoms. The Bertz CT molecular complexity index is 232. The number of hydrogen-bond acceptors (Lipinski definition) is 3. The lowest BCUT2D eigenvalue weighted by molar-refractivity contribution is 0.400. The monoisotopic (exact) mass is 212 g/mol. The minimum atomic E-state index is 0.426. The van der Waals surface area contributed by atoms with Crippen LogP contribution in [-0.2, 0) is 0 Å². The highest BCUT2D eigenvalue weighted by Gasteiger charge is 2.16. The average Bonchev–Trinajstić information content (AvgIpc) is 2.52. The van der Waals surface area contributed by atoms with Gasteiger partial charge >= 0.3 is 0 Å². The van der Waals surface area contributed by atoms with Crippen LogP contribution in [0.4, 0.5) is 0 Å². The van der Waals surface area contributed by atoms with Crippen LogP contribution in [0.2, 0.25) is 0 Å². The van der Waals surface area contributed by atoms with Gasteiger partial charge < -0.3 is 5.32 Å². The van der Waals surface area contributed by atoms with E-state index in [9.17, 15) is 0 Å². The summed E-state index contributed by atoms with van der Waals surface area (Å²) >= 11 is 1.74. The van der Waals surface area contributed by atoms with Gasteiger partial charge in [-0.3, -0.25) is 0 Å². The van der Waals surface area contributed by atoms with Gasteiger partial charge in [0.15, 0.2) is 0 Å². The summed E-state index contributed by atoms with van der Waals surface area (Å²) in [6.07, 6.45) is 3.04. The molecule has 0 aliphatic heterocycles. The molecule has 1 rings (SSSR count). The molecule has 0 spiro atoms. The normalized spacial score (nSPS) is 13.9. The van der Waals surface area contributed by atoms with E-state index in [2.05, 4.69) is 38.0 Å². The summed E-state index contributed by atoms with van der Waals surface area (Å²) in [7, 11) is 0. The molecule has 1 atom stereocenters. The smallest absolute Gasteiger partial charge is 0.109 e. The van der Waals surface area contributed by atoms with E-state index in [0.717, 1.165) is 6.42 Å². The summed E-state index contributed by atoms with van der Waals surface area (Å²) in [6.45, 7) is 8.87. The van der Waals surface area contributed by atoms with Gasteiger partial charge in [0.25, 0.3) is 0 Å². The molecule has 14 heavy (non-hydrogen) atoms. The Balaban J connectivity index is 2.62. The maximum Gasteiger partial charge on any atom is 0.109 e. The number of hydrogen-bond donors (Lipinski definition) is 1. The second-order valence-electron chi connectivity index (χ2n) is 4.37. The molecule has 80 valence electrons. The second kappa shape index (κ2) is 5.47. The van der Waals surface area contributed by atoms with E-state index in [4.69, 9.17) is 0 Å². The summed E-state index contributed by atoms with van der Waals surface area (Å²) in [6, 6.07) is 0.942. The number of nitrogens with zero attached hydrogens (tertiary/aromatic N) is 1. The van der Waals surface area contributed by atoms with Crippen LogP contribution in [0.25, 0.3) is 0 Å². The molecule has 0 aliphatic carbocycles. The summed E-state index contributed by atoms with van der Waals surface area (Å²) in [5.74, 6) is 0.704. The molecule has 1 unspecified atom stereocenters. The molecule has 1 N–H and O–H groups in total. The summed E-state index contributed by atoms with van der Waals surface area (Å²) in [5, 5.41) is 6.82. The van der Waals surface area contributed by atoms with Gasteiger partial charge in [0, 0.05) is 17.6 Å². The third kappa shape index (κ3) is 3.76. The van der Waals surface area contributed by atoms with Crippen LogP contribution >= 0.6 is 11.3 Å². The molecule has 0 saturated carbocycles. The van der Waals surface area contributed by atoms with E-state index in [0.29, 0.717) is 18.0 Å². The molecule has 0 fully saturated rings. The molecule has 0 aliphatic rings. The molecule has 1 aromatic rings. The lowest BCUT2D eigenvalue weighted by Crippen LogP contribution is -2.29. The zero-order chi connectivity index (χ0) is 10.6. The van der Waals surface area contributed by atoms with Crippen molar-refractivity contribution in [1.82, 2.24) is 10.3 Å². The zero-order valence-corrected chi connectivity index (χ0v) is 10.3. The topological polar surface area (TPSA) is 24.9 Å². The lowest BCUT2D eigenvalue weighted by Gasteiger charge is -2.20. The van der Waals surface area contributed by atoms with Crippen LogP contribution in [0.3, 0.4) is 0 Å². The standard InChI is InChI=1S/C11H20N2S/c1-8(2)7-10(13-9(3)4)11-12-5-6-14-11/h5-6,8-10,13H,7H2,1-4H3. The van der Waals surface area contributed by atoms with Crippen molar-refractivity contribution in [1.29, 1.82) is 0 Å². The first-order valence-electron chi connectivity index (χ1n) is 5.25. The molecule has 0 aromatic carbocycles. The van der Waals surface area contributed by atoms with Gasteiger partial charge in [-0.05, 0) is 12.3 Å². The maximum absolute atomic E-state index is 4.38. The van der Waals surface area contributed by atoms with Crippen LogP contribution in [0.15, 0.2) is 11.6 Å². The Morgan fingerprint density at radius 3 is 2.50 bits per heavy atom. The highest BCUT2D eigenvalue weighted by Crippen LogP contribution is 2.23. The highest BCUT2D eigenvalue weighted by atomic mass is 32.1. The van der Waals surface area contributed by atoms with Crippen molar-refractivity contribution in [2.45, 2.75) is 46.2 Å². The van der Waals surface area contributed by atoms with Gasteiger partial charge in [-0.25, -0.2) is 4.98 Å². The molecule has 2 nitrogen and oxygen atoms in total. The number of nitrogens with one attached hydrogen (secondary N) is 1. The van der Waals surface area contributed by atoms with Gasteiger partial charge in [0.05, 0.1) is 6.04 Å². The highest BCUT2D eigenvalue weighted by molar-refractivity contribution is 7.09. The van der Waals surface area contributed by atoms with Crippen LogP contribution in [0.5, 0.6) is 0 Å². The van der Waals surface area contributed by atoms with Gasteiger partial charge in [-0.2, -0.15) is 0 Å². The predicted molar refractivity (Wildman–Crippen MR) is 62.6 cm³/mol. The minimum absolute atomic E-state index is 0.426. The van der Waals surface area contributed by atoms with E-state index in [1.165, 1.54) is 5.01 Å². The Morgan fingerprint density at radius 1 is 1.36 bits per heavy atom. The fraction of sp³-hybridized carbons (Fsp3) is 0.727. The first-order chi connectivity index (χ1) is 6.59. The second-order valence-corrected chi connectivity index (χ2v) is 5.30. The molecule has 0 amide bonds. The van der Waals surface area contributed by atoms with E-state index >= 15 is 0 Å². The minimum Gasteiger partial charge on any atom is -0.306 e. The molecule has 1 aromatic heterocycles. The van der Waals surface area contributed by atoms with Crippen molar-refractivity contribution < 1.29 is 0 Å². The fourth-order valence-corrected chi connectivity index (χ4v) is 2.23. The van der Waals surface area contributed by atoms with E-state index in [-0.39, 0.29) is 0 Å². The van der Waals surface area contributed by atoms with Crippen molar-refractivity contribution in [2.75, 3.05) is 0 Å². The summed E-state index contributed by atoms with van der Waals surface area (Å²) in [4.78, 5) is 4.38. The van der Waals surface area contributed by atoms with Gasteiger partial charge in [0.2, 0.25) is 0 Å². The zero-order valence-electron chi connectivity index (χ0n) is 9.45. The van der Waals surface area contributed by atoms with Gasteiger partial charge in [0.1, 0.15) is 5.01 Å². The third-order valence-electron chi connectivity index (χ3n) is 1.99. The number of rotatable bonds is 5. The van der Waals surface area contributed by atoms with Crippen molar-refractivity contribution in [3.8, 4) is 0 Å². The molecule has 3 heteroatoms. The van der Waals surface area contributed by atoms with Crippen LogP contribution in [0.1, 0.15) is 45.2 Å².